The van der Waals surface area contributed by atoms with E-state index in [0.717, 1.165) is 33.6 Å². The molecule has 1 heterocycles. The third-order valence-corrected chi connectivity index (χ3v) is 11.7. The van der Waals surface area contributed by atoms with Gasteiger partial charge in [-0.05, 0) is 41.3 Å². The number of nitrogens with zero attached hydrogens (tertiary/aromatic N) is 1. The standard InChI is InChI=1S/C29H31ClN2O5S3.C7H8/c1-29(2,3)40-38-17-18(14-32(15-26(33)34)27(35)24-12-13-25(30)39-24)31-28(36)37-16-23-21-10-6-4-8-19(21)20-9-5-7-11-22(20)23;1-7-5-3-2-4-6-7/h4-13,18,23H,14-17H2,1-3H3,(H,31,36)(H,33,34);2-6H,1H3. The molecule has 3 aromatic carbocycles. The van der Waals surface area contributed by atoms with Gasteiger partial charge in [0.1, 0.15) is 13.2 Å². The number of amides is 2. The van der Waals surface area contributed by atoms with E-state index in [1.54, 1.807) is 33.7 Å². The first kappa shape index (κ1) is 36.4. The molecule has 2 N–H and O–H groups in total. The number of benzene rings is 3. The highest BCUT2D eigenvalue weighted by Gasteiger charge is 2.30. The molecule has 7 nitrogen and oxygen atoms in total. The van der Waals surface area contributed by atoms with Gasteiger partial charge in [-0.1, -0.05) is 138 Å². The zero-order valence-electron chi connectivity index (χ0n) is 26.8. The molecule has 0 fully saturated rings. The lowest BCUT2D eigenvalue weighted by Crippen LogP contribution is -2.48. The summed E-state index contributed by atoms with van der Waals surface area (Å²) in [6.45, 7) is 7.98. The predicted molar refractivity (Wildman–Crippen MR) is 196 cm³/mol. The summed E-state index contributed by atoms with van der Waals surface area (Å²) in [7, 11) is 3.20. The van der Waals surface area contributed by atoms with Crippen LogP contribution >= 0.6 is 44.5 Å². The summed E-state index contributed by atoms with van der Waals surface area (Å²) in [5, 5.41) is 12.4. The molecule has 11 heteroatoms. The van der Waals surface area contributed by atoms with E-state index in [0.29, 0.717) is 15.0 Å². The van der Waals surface area contributed by atoms with Crippen LogP contribution in [0.3, 0.4) is 0 Å². The van der Waals surface area contributed by atoms with Crippen LogP contribution in [0.1, 0.15) is 53.1 Å². The Kier molecular flexibility index (Phi) is 13.2. The van der Waals surface area contributed by atoms with Crippen LogP contribution in [-0.4, -0.2) is 64.2 Å². The molecular formula is C36H39ClN2O5S3. The van der Waals surface area contributed by atoms with Gasteiger partial charge < -0.3 is 20.1 Å². The molecule has 0 bridgehead atoms. The molecule has 0 saturated carbocycles. The van der Waals surface area contributed by atoms with E-state index in [2.05, 4.69) is 69.4 Å². The minimum absolute atomic E-state index is 0.00253. The Morgan fingerprint density at radius 1 is 0.936 bits per heavy atom. The summed E-state index contributed by atoms with van der Waals surface area (Å²) in [4.78, 5) is 39.4. The molecule has 0 spiro atoms. The van der Waals surface area contributed by atoms with Crippen molar-refractivity contribution in [2.45, 2.75) is 44.4 Å². The van der Waals surface area contributed by atoms with Gasteiger partial charge in [0.2, 0.25) is 0 Å². The van der Waals surface area contributed by atoms with Gasteiger partial charge in [0.25, 0.3) is 5.91 Å². The van der Waals surface area contributed by atoms with Crippen molar-refractivity contribution in [1.82, 2.24) is 10.2 Å². The van der Waals surface area contributed by atoms with Crippen LogP contribution in [0.4, 0.5) is 4.79 Å². The lowest BCUT2D eigenvalue weighted by molar-refractivity contribution is -0.137. The average Bonchev–Trinajstić information content (AvgIpc) is 3.60. The summed E-state index contributed by atoms with van der Waals surface area (Å²) in [6, 6.07) is 29.1. The molecule has 1 atom stereocenters. The second kappa shape index (κ2) is 17.1. The predicted octanol–water partition coefficient (Wildman–Crippen LogP) is 9.01. The number of nitrogens with one attached hydrogen (secondary N) is 1. The molecule has 1 unspecified atom stereocenters. The van der Waals surface area contributed by atoms with Crippen LogP contribution in [0.5, 0.6) is 0 Å². The number of rotatable bonds is 11. The lowest BCUT2D eigenvalue weighted by atomic mass is 9.98. The van der Waals surface area contributed by atoms with Crippen LogP contribution in [-0.2, 0) is 9.53 Å². The Labute approximate surface area is 293 Å². The number of carboxylic acids is 1. The van der Waals surface area contributed by atoms with Crippen molar-refractivity contribution in [2.75, 3.05) is 25.4 Å². The second-order valence-corrected chi connectivity index (χ2v) is 16.9. The number of carbonyl (C=O) groups is 3. The summed E-state index contributed by atoms with van der Waals surface area (Å²) in [6.07, 6.45) is -0.616. The Morgan fingerprint density at radius 2 is 1.53 bits per heavy atom. The maximum atomic E-state index is 13.1. The molecule has 0 saturated heterocycles. The normalized spacial score (nSPS) is 12.6. The first-order chi connectivity index (χ1) is 22.4. The van der Waals surface area contributed by atoms with E-state index in [1.807, 2.05) is 42.5 Å². The number of halogens is 1. The molecule has 0 aliphatic heterocycles. The average molecular weight is 711 g/mol. The highest BCUT2D eigenvalue weighted by atomic mass is 35.5. The van der Waals surface area contributed by atoms with E-state index < -0.39 is 30.6 Å². The molecule has 2 amide bonds. The lowest BCUT2D eigenvalue weighted by Gasteiger charge is -2.27. The number of aliphatic carboxylic acids is 1. The summed E-state index contributed by atoms with van der Waals surface area (Å²) in [5.74, 6) is -1.24. The number of thiophene rings is 1. The quantitative estimate of drug-likeness (QED) is 0.150. The number of ether oxygens (including phenoxy) is 1. The molecule has 47 heavy (non-hydrogen) atoms. The fourth-order valence-electron chi connectivity index (χ4n) is 5.01. The van der Waals surface area contributed by atoms with Gasteiger partial charge in [-0.3, -0.25) is 9.59 Å². The summed E-state index contributed by atoms with van der Waals surface area (Å²) >= 11 is 7.09. The maximum Gasteiger partial charge on any atom is 0.407 e. The fourth-order valence-corrected chi connectivity index (χ4v) is 8.55. The van der Waals surface area contributed by atoms with Gasteiger partial charge in [0.05, 0.1) is 15.3 Å². The summed E-state index contributed by atoms with van der Waals surface area (Å²) in [5.41, 5.74) is 5.81. The van der Waals surface area contributed by atoms with Crippen molar-refractivity contribution >= 4 is 62.5 Å². The molecule has 1 aliphatic rings. The van der Waals surface area contributed by atoms with Crippen molar-refractivity contribution in [3.05, 3.63) is 117 Å². The van der Waals surface area contributed by atoms with Crippen LogP contribution < -0.4 is 5.32 Å². The Bertz CT molecular complexity index is 1610. The third-order valence-electron chi connectivity index (χ3n) is 7.02. The minimum Gasteiger partial charge on any atom is -0.480 e. The van der Waals surface area contributed by atoms with Crippen molar-refractivity contribution in [3.63, 3.8) is 0 Å². The van der Waals surface area contributed by atoms with Gasteiger partial charge >= 0.3 is 12.1 Å². The van der Waals surface area contributed by atoms with E-state index in [-0.39, 0.29) is 23.8 Å². The number of carbonyl (C=O) groups excluding carboxylic acids is 2. The van der Waals surface area contributed by atoms with Gasteiger partial charge in [0, 0.05) is 23.0 Å². The number of carboxylic acid groups (broad SMARTS) is 1. The van der Waals surface area contributed by atoms with Crippen LogP contribution in [0, 0.1) is 6.92 Å². The SMILES string of the molecule is CC(C)(C)SSCC(CN(CC(=O)O)C(=O)c1ccc(Cl)s1)NC(=O)OCC1c2ccccc2-c2ccccc21.Cc1ccccc1. The first-order valence-electron chi connectivity index (χ1n) is 15.1. The largest absolute Gasteiger partial charge is 0.480 e. The zero-order valence-corrected chi connectivity index (χ0v) is 30.0. The van der Waals surface area contributed by atoms with Crippen molar-refractivity contribution in [1.29, 1.82) is 0 Å². The molecular weight excluding hydrogens is 672 g/mol. The molecule has 248 valence electrons. The van der Waals surface area contributed by atoms with Crippen LogP contribution in [0.2, 0.25) is 4.34 Å². The Balaban J connectivity index is 0.000000632. The van der Waals surface area contributed by atoms with Crippen molar-refractivity contribution in [2.24, 2.45) is 0 Å². The van der Waals surface area contributed by atoms with E-state index in [4.69, 9.17) is 16.3 Å². The Hall–Kier alpha value is -3.44. The highest BCUT2D eigenvalue weighted by molar-refractivity contribution is 8.77. The molecule has 4 aromatic rings. The monoisotopic (exact) mass is 710 g/mol. The molecule has 5 rings (SSSR count). The van der Waals surface area contributed by atoms with Gasteiger partial charge in [0.15, 0.2) is 0 Å². The fraction of sp³-hybridized carbons (Fsp3) is 0.306. The number of fused-ring (bicyclic) bond motifs is 3. The van der Waals surface area contributed by atoms with Gasteiger partial charge in [-0.15, -0.1) is 11.3 Å². The first-order valence-corrected chi connectivity index (χ1v) is 18.6. The second-order valence-electron chi connectivity index (χ2n) is 12.0. The van der Waals surface area contributed by atoms with Crippen LogP contribution in [0.25, 0.3) is 11.1 Å². The number of hydrogen-bond acceptors (Lipinski definition) is 7. The molecule has 1 aliphatic carbocycles. The molecule has 1 aromatic heterocycles. The third kappa shape index (κ3) is 11.1. The van der Waals surface area contributed by atoms with E-state index in [1.165, 1.54) is 10.5 Å². The number of aryl methyl sites for hydroxylation is 1. The molecule has 0 radical (unpaired) electrons. The number of alkyl carbamates (subject to hydrolysis) is 1. The van der Waals surface area contributed by atoms with Gasteiger partial charge in [-0.2, -0.15) is 0 Å². The minimum atomic E-state index is -1.15. The number of hydrogen-bond donors (Lipinski definition) is 2. The van der Waals surface area contributed by atoms with Crippen molar-refractivity contribution < 1.29 is 24.2 Å². The smallest absolute Gasteiger partial charge is 0.407 e. The van der Waals surface area contributed by atoms with Crippen LogP contribution in [0.15, 0.2) is 91.0 Å². The van der Waals surface area contributed by atoms with E-state index in [9.17, 15) is 19.5 Å². The summed E-state index contributed by atoms with van der Waals surface area (Å²) < 4.78 is 6.14. The maximum absolute atomic E-state index is 13.1. The topological polar surface area (TPSA) is 95.9 Å². The van der Waals surface area contributed by atoms with E-state index >= 15 is 0 Å². The Morgan fingerprint density at radius 3 is 2.04 bits per heavy atom. The van der Waals surface area contributed by atoms with Crippen molar-refractivity contribution in [3.8, 4) is 11.1 Å². The highest BCUT2D eigenvalue weighted by Crippen LogP contribution is 2.44. The zero-order chi connectivity index (χ0) is 34.0. The van der Waals surface area contributed by atoms with Gasteiger partial charge in [-0.25, -0.2) is 4.79 Å².